The summed E-state index contributed by atoms with van der Waals surface area (Å²) in [5, 5.41) is 25.5. The Morgan fingerprint density at radius 3 is 2.28 bits per heavy atom. The van der Waals surface area contributed by atoms with Crippen LogP contribution < -0.4 is 10.1 Å². The Kier molecular flexibility index (Phi) is 5.06. The minimum atomic E-state index is -2.00. The molecule has 2 heterocycles. The van der Waals surface area contributed by atoms with E-state index in [0.717, 1.165) is 15.7 Å². The molecule has 2 saturated heterocycles. The summed E-state index contributed by atoms with van der Waals surface area (Å²) in [6, 6.07) is 10.2. The van der Waals surface area contributed by atoms with Crippen LogP contribution in [0.2, 0.25) is 0 Å². The number of likely N-dealkylation sites (tertiary alicyclic amines) is 1. The number of carboxylic acids is 1. The predicted octanol–water partition coefficient (Wildman–Crippen LogP) is 2.10. The van der Waals surface area contributed by atoms with Crippen molar-refractivity contribution in [3.8, 4) is 5.75 Å². The lowest BCUT2D eigenvalue weighted by atomic mass is 9.76. The molecule has 8 nitrogen and oxygen atoms in total. The van der Waals surface area contributed by atoms with Gasteiger partial charge < -0.3 is 14.9 Å². The van der Waals surface area contributed by atoms with Crippen LogP contribution >= 0.6 is 0 Å². The first kappa shape index (κ1) is 22.2. The van der Waals surface area contributed by atoms with E-state index in [1.54, 1.807) is 40.0 Å². The van der Waals surface area contributed by atoms with Crippen LogP contribution in [0, 0.1) is 11.8 Å². The van der Waals surface area contributed by atoms with Gasteiger partial charge in [0.2, 0.25) is 11.8 Å². The Hall–Kier alpha value is -2.97. The quantitative estimate of drug-likeness (QED) is 0.624. The maximum absolute atomic E-state index is 13.6. The third-order valence-corrected chi connectivity index (χ3v) is 6.75. The molecule has 0 radical (unpaired) electrons. The van der Waals surface area contributed by atoms with Gasteiger partial charge in [-0.3, -0.25) is 24.6 Å². The second kappa shape index (κ2) is 7.28. The fourth-order valence-electron chi connectivity index (χ4n) is 5.37. The van der Waals surface area contributed by atoms with Gasteiger partial charge in [-0.25, -0.2) is 0 Å². The molecule has 2 fully saturated rings. The number of ether oxygens (including phenoxy) is 1. The third kappa shape index (κ3) is 2.86. The van der Waals surface area contributed by atoms with E-state index in [2.05, 4.69) is 5.32 Å². The zero-order valence-electron chi connectivity index (χ0n) is 18.7. The van der Waals surface area contributed by atoms with Gasteiger partial charge in [-0.05, 0) is 44.7 Å². The Morgan fingerprint density at radius 2 is 1.75 bits per heavy atom. The predicted molar refractivity (Wildman–Crippen MR) is 117 cm³/mol. The topological polar surface area (TPSA) is 116 Å². The fourth-order valence-corrected chi connectivity index (χ4v) is 5.37. The Morgan fingerprint density at radius 1 is 1.12 bits per heavy atom. The number of imide groups is 1. The van der Waals surface area contributed by atoms with E-state index in [1.165, 1.54) is 6.92 Å². The zero-order valence-corrected chi connectivity index (χ0v) is 18.7. The van der Waals surface area contributed by atoms with Gasteiger partial charge in [-0.15, -0.1) is 0 Å². The number of rotatable bonds is 4. The number of methoxy groups -OCH3 is 1. The molecular weight excluding hydrogens is 412 g/mol. The maximum atomic E-state index is 13.6. The zero-order chi connectivity index (χ0) is 23.6. The lowest BCUT2D eigenvalue weighted by Gasteiger charge is -2.36. The Balaban J connectivity index is 1.97. The standard InChI is InChI=1S/C24H28N2O6/c1-12(27)24(22(30)31)18-17(20(28)26(21(18)29)23(2,3)4)19(25-24)15-10-11-16(32-5)14-9-7-6-8-13(14)15/h6-12,17-19,25,27H,1-5H3,(H,30,31). The molecule has 2 aromatic carbocycles. The number of aliphatic hydroxyl groups is 1. The molecule has 5 atom stereocenters. The Labute approximate surface area is 186 Å². The van der Waals surface area contributed by atoms with Crippen molar-refractivity contribution in [1.29, 1.82) is 0 Å². The molecular formula is C24H28N2O6. The molecule has 3 N–H and O–H groups in total. The summed E-state index contributed by atoms with van der Waals surface area (Å²) in [6.45, 7) is 6.55. The van der Waals surface area contributed by atoms with Gasteiger partial charge in [0.1, 0.15) is 5.75 Å². The lowest BCUT2D eigenvalue weighted by Crippen LogP contribution is -2.63. The monoisotopic (exact) mass is 440 g/mol. The van der Waals surface area contributed by atoms with Crippen LogP contribution in [-0.4, -0.2) is 57.2 Å². The van der Waals surface area contributed by atoms with Crippen molar-refractivity contribution < 1.29 is 29.3 Å². The van der Waals surface area contributed by atoms with Crippen LogP contribution in [0.15, 0.2) is 36.4 Å². The number of fused-ring (bicyclic) bond motifs is 2. The number of nitrogens with zero attached hydrogens (tertiary/aromatic N) is 1. The second-order valence-corrected chi connectivity index (χ2v) is 9.56. The number of aliphatic hydroxyl groups excluding tert-OH is 1. The van der Waals surface area contributed by atoms with Crippen LogP contribution in [-0.2, 0) is 14.4 Å². The Bertz CT molecular complexity index is 1120. The van der Waals surface area contributed by atoms with Gasteiger partial charge in [0.25, 0.3) is 0 Å². The lowest BCUT2D eigenvalue weighted by molar-refractivity contribution is -0.158. The number of hydrogen-bond acceptors (Lipinski definition) is 6. The largest absolute Gasteiger partial charge is 0.496 e. The number of carboxylic acid groups (broad SMARTS) is 1. The summed E-state index contributed by atoms with van der Waals surface area (Å²) >= 11 is 0. The highest BCUT2D eigenvalue weighted by Crippen LogP contribution is 2.52. The highest BCUT2D eigenvalue weighted by atomic mass is 16.5. The smallest absolute Gasteiger partial charge is 0.327 e. The van der Waals surface area contributed by atoms with E-state index in [-0.39, 0.29) is 0 Å². The molecule has 0 saturated carbocycles. The van der Waals surface area contributed by atoms with E-state index < -0.39 is 52.8 Å². The number of aliphatic carboxylic acids is 1. The highest BCUT2D eigenvalue weighted by molar-refractivity contribution is 6.10. The van der Waals surface area contributed by atoms with E-state index in [9.17, 15) is 24.6 Å². The molecule has 2 amide bonds. The molecule has 0 aliphatic carbocycles. The van der Waals surface area contributed by atoms with Crippen molar-refractivity contribution in [3.05, 3.63) is 42.0 Å². The molecule has 2 aliphatic rings. The highest BCUT2D eigenvalue weighted by Gasteiger charge is 2.71. The van der Waals surface area contributed by atoms with Gasteiger partial charge in [0.05, 0.1) is 25.0 Å². The molecule has 4 rings (SSSR count). The van der Waals surface area contributed by atoms with Gasteiger partial charge in [-0.1, -0.05) is 30.3 Å². The second-order valence-electron chi connectivity index (χ2n) is 9.56. The average molecular weight is 440 g/mol. The number of hydrogen-bond donors (Lipinski definition) is 3. The minimum absolute atomic E-state index is 0.436. The maximum Gasteiger partial charge on any atom is 0.327 e. The molecule has 170 valence electrons. The molecule has 5 unspecified atom stereocenters. The van der Waals surface area contributed by atoms with E-state index >= 15 is 0 Å². The van der Waals surface area contributed by atoms with Gasteiger partial charge >= 0.3 is 5.97 Å². The summed E-state index contributed by atoms with van der Waals surface area (Å²) in [6.07, 6.45) is -1.42. The number of carbonyl (C=O) groups excluding carboxylic acids is 2. The molecule has 2 aromatic rings. The van der Waals surface area contributed by atoms with E-state index in [0.29, 0.717) is 11.3 Å². The molecule has 0 spiro atoms. The summed E-state index contributed by atoms with van der Waals surface area (Å²) in [5.74, 6) is -3.94. The number of nitrogens with one attached hydrogen (secondary N) is 1. The summed E-state index contributed by atoms with van der Waals surface area (Å²) in [5.41, 5.74) is -2.14. The molecule has 8 heteroatoms. The molecule has 0 aromatic heterocycles. The van der Waals surface area contributed by atoms with Gasteiger partial charge in [0, 0.05) is 17.0 Å². The first-order chi connectivity index (χ1) is 15.0. The normalized spacial score (nSPS) is 28.8. The van der Waals surface area contributed by atoms with Gasteiger partial charge in [-0.2, -0.15) is 0 Å². The molecule has 2 aliphatic heterocycles. The van der Waals surface area contributed by atoms with Crippen LogP contribution in [0.1, 0.15) is 39.3 Å². The van der Waals surface area contributed by atoms with Crippen LogP contribution in [0.3, 0.4) is 0 Å². The van der Waals surface area contributed by atoms with Crippen molar-refractivity contribution in [1.82, 2.24) is 10.2 Å². The van der Waals surface area contributed by atoms with Crippen molar-refractivity contribution >= 4 is 28.6 Å². The first-order valence-electron chi connectivity index (χ1n) is 10.6. The minimum Gasteiger partial charge on any atom is -0.496 e. The van der Waals surface area contributed by atoms with Crippen LogP contribution in [0.25, 0.3) is 10.8 Å². The van der Waals surface area contributed by atoms with E-state index in [1.807, 2.05) is 24.3 Å². The average Bonchev–Trinajstić information content (AvgIpc) is 3.21. The third-order valence-electron chi connectivity index (χ3n) is 6.75. The van der Waals surface area contributed by atoms with E-state index in [4.69, 9.17) is 4.74 Å². The van der Waals surface area contributed by atoms with Gasteiger partial charge in [0.15, 0.2) is 5.54 Å². The van der Waals surface area contributed by atoms with Crippen LogP contribution in [0.5, 0.6) is 5.75 Å². The first-order valence-corrected chi connectivity index (χ1v) is 10.6. The summed E-state index contributed by atoms with van der Waals surface area (Å²) in [7, 11) is 1.56. The van der Waals surface area contributed by atoms with Crippen molar-refractivity contribution in [3.63, 3.8) is 0 Å². The van der Waals surface area contributed by atoms with Crippen molar-refractivity contribution in [2.75, 3.05) is 7.11 Å². The number of amides is 2. The SMILES string of the molecule is COc1ccc(C2NC(C(=O)O)(C(C)O)C3C(=O)N(C(C)(C)C)C(=O)C23)c2ccccc12. The van der Waals surface area contributed by atoms with Crippen LogP contribution in [0.4, 0.5) is 0 Å². The molecule has 0 bridgehead atoms. The number of carbonyl (C=O) groups is 3. The molecule has 32 heavy (non-hydrogen) atoms. The summed E-state index contributed by atoms with van der Waals surface area (Å²) < 4.78 is 5.47. The fraction of sp³-hybridized carbons (Fsp3) is 0.458. The van der Waals surface area contributed by atoms with Crippen molar-refractivity contribution in [2.45, 2.75) is 50.9 Å². The summed E-state index contributed by atoms with van der Waals surface area (Å²) in [4.78, 5) is 40.8. The van der Waals surface area contributed by atoms with Crippen molar-refractivity contribution in [2.24, 2.45) is 11.8 Å². The number of benzene rings is 2.